The van der Waals surface area contributed by atoms with Gasteiger partial charge in [0.25, 0.3) is 0 Å². The molecule has 0 bridgehead atoms. The van der Waals surface area contributed by atoms with Crippen molar-refractivity contribution in [2.45, 2.75) is 45.4 Å². The van der Waals surface area contributed by atoms with Gasteiger partial charge in [0.2, 0.25) is 5.91 Å². The van der Waals surface area contributed by atoms with Gasteiger partial charge in [-0.15, -0.1) is 0 Å². The second-order valence-electron chi connectivity index (χ2n) is 4.37. The summed E-state index contributed by atoms with van der Waals surface area (Å²) in [5, 5.41) is 5.28. The van der Waals surface area contributed by atoms with E-state index >= 15 is 0 Å². The Hall–Kier alpha value is -0.970. The van der Waals surface area contributed by atoms with Crippen LogP contribution in [0.2, 0.25) is 0 Å². The molecule has 0 unspecified atom stereocenters. The summed E-state index contributed by atoms with van der Waals surface area (Å²) in [5.41, 5.74) is 0.538. The van der Waals surface area contributed by atoms with Crippen LogP contribution in [0.5, 0.6) is 0 Å². The molecule has 1 heterocycles. The quantitative estimate of drug-likeness (QED) is 0.773. The first-order chi connectivity index (χ1) is 7.41. The fraction of sp³-hybridized carbons (Fsp3) is 0.727. The molecule has 3 nitrogen and oxygen atoms in total. The Labute approximate surface area is 94.3 Å². The van der Waals surface area contributed by atoms with Crippen LogP contribution in [0.15, 0.2) is 11.4 Å². The maximum absolute atomic E-state index is 13.4. The molecule has 92 valence electrons. The standard InChI is InChI=1S/C11H18F2N2O/c1-6(2)10(13)7(3)15-11(16)9-4-8(12)5-14-9/h7-9,14H,4-5H2,1-3H3,(H,15,16)/t7-,8+,9-/m0/s1. The molecule has 1 aliphatic rings. The fourth-order valence-electron chi connectivity index (χ4n) is 1.70. The third-order valence-electron chi connectivity index (χ3n) is 2.61. The van der Waals surface area contributed by atoms with Crippen molar-refractivity contribution in [1.82, 2.24) is 10.6 Å². The Morgan fingerprint density at radius 2 is 2.12 bits per heavy atom. The number of hydrogen-bond acceptors (Lipinski definition) is 2. The van der Waals surface area contributed by atoms with Crippen LogP contribution < -0.4 is 10.6 Å². The van der Waals surface area contributed by atoms with Crippen LogP contribution in [0, 0.1) is 0 Å². The Bertz CT molecular complexity index is 300. The van der Waals surface area contributed by atoms with E-state index in [4.69, 9.17) is 0 Å². The molecule has 1 amide bonds. The molecule has 5 heteroatoms. The minimum absolute atomic E-state index is 0.162. The average molecular weight is 232 g/mol. The summed E-state index contributed by atoms with van der Waals surface area (Å²) >= 11 is 0. The van der Waals surface area contributed by atoms with E-state index in [1.54, 1.807) is 20.8 Å². The summed E-state index contributed by atoms with van der Waals surface area (Å²) in [5.74, 6) is -0.688. The summed E-state index contributed by atoms with van der Waals surface area (Å²) in [4.78, 5) is 11.6. The highest BCUT2D eigenvalue weighted by Gasteiger charge is 2.30. The highest BCUT2D eigenvalue weighted by atomic mass is 19.1. The highest BCUT2D eigenvalue weighted by molar-refractivity contribution is 5.82. The van der Waals surface area contributed by atoms with Crippen molar-refractivity contribution in [3.8, 4) is 0 Å². The molecule has 0 aromatic heterocycles. The van der Waals surface area contributed by atoms with Gasteiger partial charge in [-0.05, 0) is 26.3 Å². The molecule has 1 rings (SSSR count). The van der Waals surface area contributed by atoms with Crippen molar-refractivity contribution < 1.29 is 13.6 Å². The summed E-state index contributed by atoms with van der Waals surface area (Å²) in [6.07, 6.45) is -0.825. The largest absolute Gasteiger partial charge is 0.346 e. The Morgan fingerprint density at radius 3 is 2.56 bits per heavy atom. The van der Waals surface area contributed by atoms with Crippen LogP contribution in [0.3, 0.4) is 0 Å². The second kappa shape index (κ2) is 5.39. The van der Waals surface area contributed by atoms with Gasteiger partial charge in [-0.25, -0.2) is 8.78 Å². The topological polar surface area (TPSA) is 41.1 Å². The molecule has 0 saturated carbocycles. The van der Waals surface area contributed by atoms with Gasteiger partial charge in [0, 0.05) is 13.0 Å². The van der Waals surface area contributed by atoms with Crippen LogP contribution in [-0.4, -0.2) is 30.7 Å². The zero-order valence-electron chi connectivity index (χ0n) is 9.81. The number of amides is 1. The molecule has 16 heavy (non-hydrogen) atoms. The van der Waals surface area contributed by atoms with E-state index in [0.717, 1.165) is 0 Å². The van der Waals surface area contributed by atoms with Crippen LogP contribution in [-0.2, 0) is 4.79 Å². The SMILES string of the molecule is CC(C)=C(F)[C@H](C)NC(=O)[C@@H]1C[C@@H](F)CN1. The van der Waals surface area contributed by atoms with Crippen LogP contribution in [0.25, 0.3) is 0 Å². The molecule has 2 N–H and O–H groups in total. The molecule has 0 spiro atoms. The first-order valence-corrected chi connectivity index (χ1v) is 5.42. The van der Waals surface area contributed by atoms with E-state index in [9.17, 15) is 13.6 Å². The number of halogens is 2. The highest BCUT2D eigenvalue weighted by Crippen LogP contribution is 2.13. The van der Waals surface area contributed by atoms with Crippen molar-refractivity contribution >= 4 is 5.91 Å². The zero-order valence-corrected chi connectivity index (χ0v) is 9.81. The Morgan fingerprint density at radius 1 is 1.50 bits per heavy atom. The first-order valence-electron chi connectivity index (χ1n) is 5.42. The fourth-order valence-corrected chi connectivity index (χ4v) is 1.70. The van der Waals surface area contributed by atoms with Crippen molar-refractivity contribution in [2.24, 2.45) is 0 Å². The maximum Gasteiger partial charge on any atom is 0.237 e. The summed E-state index contributed by atoms with van der Waals surface area (Å²) in [7, 11) is 0. The summed E-state index contributed by atoms with van der Waals surface area (Å²) < 4.78 is 26.2. The monoisotopic (exact) mass is 232 g/mol. The van der Waals surface area contributed by atoms with Gasteiger partial charge >= 0.3 is 0 Å². The van der Waals surface area contributed by atoms with Crippen LogP contribution >= 0.6 is 0 Å². The number of nitrogens with one attached hydrogen (secondary N) is 2. The normalized spacial score (nSPS) is 26.3. The average Bonchev–Trinajstić information content (AvgIpc) is 2.63. The lowest BCUT2D eigenvalue weighted by Gasteiger charge is -2.16. The lowest BCUT2D eigenvalue weighted by molar-refractivity contribution is -0.123. The Balaban J connectivity index is 2.49. The smallest absolute Gasteiger partial charge is 0.237 e. The minimum atomic E-state index is -0.987. The van der Waals surface area contributed by atoms with Crippen molar-refractivity contribution in [1.29, 1.82) is 0 Å². The molecule has 1 aliphatic heterocycles. The molecule has 0 aliphatic carbocycles. The molecular formula is C11H18F2N2O. The first kappa shape index (κ1) is 13.1. The van der Waals surface area contributed by atoms with E-state index < -0.39 is 18.3 Å². The number of rotatable bonds is 3. The Kier molecular flexibility index (Phi) is 4.41. The van der Waals surface area contributed by atoms with Gasteiger partial charge in [0.15, 0.2) is 0 Å². The van der Waals surface area contributed by atoms with Crippen molar-refractivity contribution in [2.75, 3.05) is 6.54 Å². The zero-order chi connectivity index (χ0) is 12.3. The predicted octanol–water partition coefficient (Wildman–Crippen LogP) is 1.45. The van der Waals surface area contributed by atoms with E-state index in [0.29, 0.717) is 5.57 Å². The van der Waals surface area contributed by atoms with E-state index in [1.165, 1.54) is 0 Å². The molecule has 1 fully saturated rings. The van der Waals surface area contributed by atoms with Crippen LogP contribution in [0.1, 0.15) is 27.2 Å². The number of carbonyl (C=O) groups excluding carboxylic acids is 1. The molecule has 3 atom stereocenters. The van der Waals surface area contributed by atoms with Gasteiger partial charge in [-0.3, -0.25) is 4.79 Å². The van der Waals surface area contributed by atoms with Crippen LogP contribution in [0.4, 0.5) is 8.78 Å². The molecule has 0 aromatic carbocycles. The van der Waals surface area contributed by atoms with E-state index in [1.807, 2.05) is 0 Å². The number of hydrogen-bond donors (Lipinski definition) is 2. The van der Waals surface area contributed by atoms with Crippen molar-refractivity contribution in [3.05, 3.63) is 11.4 Å². The van der Waals surface area contributed by atoms with Gasteiger partial charge in [0.1, 0.15) is 12.0 Å². The summed E-state index contributed by atoms with van der Waals surface area (Å²) in [6, 6.07) is -1.19. The lowest BCUT2D eigenvalue weighted by atomic mass is 10.1. The number of alkyl halides is 1. The van der Waals surface area contributed by atoms with E-state index in [-0.39, 0.29) is 24.7 Å². The molecule has 0 aromatic rings. The molecule has 1 saturated heterocycles. The van der Waals surface area contributed by atoms with E-state index in [2.05, 4.69) is 10.6 Å². The number of carbonyl (C=O) groups is 1. The van der Waals surface area contributed by atoms with Gasteiger partial charge in [-0.2, -0.15) is 0 Å². The predicted molar refractivity (Wildman–Crippen MR) is 58.4 cm³/mol. The maximum atomic E-state index is 13.4. The van der Waals surface area contributed by atoms with Gasteiger partial charge in [-0.1, -0.05) is 0 Å². The molecule has 0 radical (unpaired) electrons. The lowest BCUT2D eigenvalue weighted by Crippen LogP contribution is -2.44. The third-order valence-corrected chi connectivity index (χ3v) is 2.61. The van der Waals surface area contributed by atoms with Crippen molar-refractivity contribution in [3.63, 3.8) is 0 Å². The minimum Gasteiger partial charge on any atom is -0.346 e. The third kappa shape index (κ3) is 3.27. The second-order valence-corrected chi connectivity index (χ2v) is 4.37. The number of allylic oxidation sites excluding steroid dienone is 1. The van der Waals surface area contributed by atoms with Gasteiger partial charge in [0.05, 0.1) is 12.1 Å². The summed E-state index contributed by atoms with van der Waals surface area (Å²) in [6.45, 7) is 5.05. The van der Waals surface area contributed by atoms with Gasteiger partial charge < -0.3 is 10.6 Å². The molecular weight excluding hydrogens is 214 g/mol.